The van der Waals surface area contributed by atoms with E-state index in [0.29, 0.717) is 40.2 Å². The number of hydrogen-bond acceptors (Lipinski definition) is 10. The first-order chi connectivity index (χ1) is 58.9. The van der Waals surface area contributed by atoms with Gasteiger partial charge < -0.3 is 0 Å². The maximum absolute atomic E-state index is 9.54. The molecule has 0 N–H and O–H groups in total. The van der Waals surface area contributed by atoms with Crippen LogP contribution in [0.25, 0.3) is 122 Å². The molecule has 0 amide bonds. The molecule has 20 heteroatoms. The average Bonchev–Trinajstić information content (AvgIpc) is 1.75. The predicted octanol–water partition coefficient (Wildman–Crippen LogP) is 25.9. The van der Waals surface area contributed by atoms with Crippen LogP contribution in [0.4, 0.5) is 11.4 Å². The van der Waals surface area contributed by atoms with E-state index < -0.39 is 0 Å². The van der Waals surface area contributed by atoms with Gasteiger partial charge in [0, 0.05) is 80.4 Å². The zero-order chi connectivity index (χ0) is 87.9. The van der Waals surface area contributed by atoms with Crippen LogP contribution in [0.1, 0.15) is 157 Å². The standard InChI is InChI=1S/C30H31N4.C27H25N4.2C25H21N4.4Ir/c1-18(2)26-12-9-13-27(19(3)4)29(26)34-30(32-22(7)33-34)24-11-8-10-23(16-24)28-20(5)14-15-25(17-31)21(28)6;1-16-11-19(4)26(20(5)12-16)31-27(29-21(6)30-31)23-10-8-9-22(15-23)25-17(2)13-24(28-7)14-18(25)3;1-16-13-17(2)24(18(3)14-16)29-25(27-19(4)28-29)22-8-6-7-21(15-22)20-9-11-23(26-5)12-10-20;1-16-8-11-24(18(3)12-16)29-25(27-19(4)28-29)22-7-5-6-21(14-22)23-13-20(15-26)10-9-17(23)2;;;;/h8-10,12-16,18-19H,1-7H3;8-9,11-15H,1-6H3;6-7,9-15H,1-4H3;5-6,8-14H,1-4H3;;;;/q4*-1;;;;. The van der Waals surface area contributed by atoms with Gasteiger partial charge >= 0.3 is 0 Å². The maximum Gasteiger partial charge on any atom is 0.187 e. The SMILES string of the molecule is Cc1ccc(-n2nc(C)nc2-c2[c-]ccc(-c3cc(C#N)ccc3C)c2)c(C)c1.Cc1nc(-c2[c-]ccc(-c3c(C)ccc(C#N)c3C)c2)n(-c2c(C(C)C)cccc2C(C)C)n1.[C-]#[N+]c1cc(C)c(-c2cc[c-]c(-c3nc(C)nn3-c3c(C)cc(C)cc3C)c2)c(C)c1.[C-]#[N+]c1ccc(-c2cc[c-]c(-c3nc(C)nn3-c3c(C)cc(C)cc3C)c2)cc1.[Ir].[Ir].[Ir].[Ir]. The van der Waals surface area contributed by atoms with Crippen molar-refractivity contribution in [3.05, 3.63) is 365 Å². The monoisotopic (exact) mass is 2380 g/mol. The summed E-state index contributed by atoms with van der Waals surface area (Å²) in [5.41, 5.74) is 36.4. The van der Waals surface area contributed by atoms with Crippen LogP contribution in [0, 0.1) is 178 Å². The van der Waals surface area contributed by atoms with Crippen molar-refractivity contribution in [3.63, 3.8) is 0 Å². The zero-order valence-corrected chi connectivity index (χ0v) is 84.8. The third-order valence-corrected chi connectivity index (χ3v) is 21.9. The van der Waals surface area contributed by atoms with Crippen molar-refractivity contribution in [3.8, 4) is 125 Å². The Bertz CT molecular complexity index is 6830. The maximum atomic E-state index is 9.54. The van der Waals surface area contributed by atoms with Crippen LogP contribution in [-0.4, -0.2) is 59.1 Å². The number of rotatable bonds is 14. The summed E-state index contributed by atoms with van der Waals surface area (Å²) in [7, 11) is 0. The number of aromatic nitrogens is 12. The van der Waals surface area contributed by atoms with Gasteiger partial charge in [-0.1, -0.05) is 159 Å². The Kier molecular flexibility index (Phi) is 33.2. The molecule has 0 aliphatic rings. The average molecular weight is 2380 g/mol. The predicted molar refractivity (Wildman–Crippen MR) is 495 cm³/mol. The molecular weight excluding hydrogens is 2280 g/mol. The number of para-hydroxylation sites is 1. The van der Waals surface area contributed by atoms with E-state index in [0.717, 1.165) is 164 Å². The number of nitriles is 2. The molecule has 12 aromatic carbocycles. The van der Waals surface area contributed by atoms with Crippen LogP contribution in [0.5, 0.6) is 0 Å². The summed E-state index contributed by atoms with van der Waals surface area (Å²) in [6.45, 7) is 58.0. The molecule has 0 bridgehead atoms. The van der Waals surface area contributed by atoms with Crippen molar-refractivity contribution < 1.29 is 80.4 Å². The second-order valence-corrected chi connectivity index (χ2v) is 32.3. The molecule has 0 saturated heterocycles. The summed E-state index contributed by atoms with van der Waals surface area (Å²) in [5, 5.41) is 37.7. The van der Waals surface area contributed by atoms with Gasteiger partial charge in [-0.25, -0.2) is 9.69 Å². The molecule has 0 fully saturated rings. The van der Waals surface area contributed by atoms with E-state index >= 15 is 0 Å². The van der Waals surface area contributed by atoms with Crippen LogP contribution >= 0.6 is 0 Å². The third-order valence-electron chi connectivity index (χ3n) is 21.9. The Balaban J connectivity index is 0.000000190. The molecule has 16 aromatic rings. The fourth-order valence-electron chi connectivity index (χ4n) is 16.4. The van der Waals surface area contributed by atoms with Crippen molar-refractivity contribution >= 4 is 11.4 Å². The van der Waals surface area contributed by atoms with E-state index in [2.05, 4.69) is 269 Å². The van der Waals surface area contributed by atoms with Crippen molar-refractivity contribution in [2.24, 2.45) is 0 Å². The summed E-state index contributed by atoms with van der Waals surface area (Å²) in [6, 6.07) is 84.8. The molecule has 4 aromatic heterocycles. The van der Waals surface area contributed by atoms with Gasteiger partial charge in [0.1, 0.15) is 23.3 Å². The van der Waals surface area contributed by atoms with E-state index in [9.17, 15) is 10.5 Å². The molecule has 16 nitrogen and oxygen atoms in total. The van der Waals surface area contributed by atoms with Crippen molar-refractivity contribution in [2.45, 2.75) is 157 Å². The number of hydrogen-bond donors (Lipinski definition) is 0. The summed E-state index contributed by atoms with van der Waals surface area (Å²) in [4.78, 5) is 26.0. The first-order valence-electron chi connectivity index (χ1n) is 41.1. The zero-order valence-electron chi connectivity index (χ0n) is 75.2. The largest absolute Gasteiger partial charge is 0.262 e. The topological polar surface area (TPSA) is 179 Å². The molecule has 646 valence electrons. The molecule has 0 atom stereocenters. The van der Waals surface area contributed by atoms with Gasteiger partial charge in [-0.15, -0.1) is 142 Å². The second-order valence-electron chi connectivity index (χ2n) is 32.3. The molecule has 0 aliphatic heterocycles. The van der Waals surface area contributed by atoms with E-state index in [1.165, 1.54) is 50.1 Å². The summed E-state index contributed by atoms with van der Waals surface area (Å²) >= 11 is 0. The second kappa shape index (κ2) is 42.8. The smallest absolute Gasteiger partial charge is 0.187 e. The van der Waals surface area contributed by atoms with Gasteiger partial charge in [-0.05, 0) is 232 Å². The Morgan fingerprint density at radius 1 is 0.331 bits per heavy atom. The summed E-state index contributed by atoms with van der Waals surface area (Å²) in [5.74, 6) is 6.66. The minimum Gasteiger partial charge on any atom is -0.262 e. The van der Waals surface area contributed by atoms with Crippen molar-refractivity contribution in [2.75, 3.05) is 0 Å². The molecule has 4 heterocycles. The van der Waals surface area contributed by atoms with Crippen LogP contribution < -0.4 is 0 Å². The number of nitrogens with zero attached hydrogens (tertiary/aromatic N) is 16. The molecular formula is C107H98Ir4N16-4. The van der Waals surface area contributed by atoms with E-state index in [4.69, 9.17) is 38.3 Å². The van der Waals surface area contributed by atoms with Crippen LogP contribution in [0.3, 0.4) is 0 Å². The molecule has 0 unspecified atom stereocenters. The van der Waals surface area contributed by atoms with Gasteiger partial charge in [-0.2, -0.15) is 30.9 Å². The fraction of sp³-hybridized carbons (Fsp3) is 0.215. The minimum atomic E-state index is 0. The molecule has 0 aliphatic carbocycles. The van der Waals surface area contributed by atoms with Crippen molar-refractivity contribution in [1.29, 1.82) is 10.5 Å². The van der Waals surface area contributed by atoms with Crippen LogP contribution in [0.15, 0.2) is 200 Å². The third kappa shape index (κ3) is 21.9. The van der Waals surface area contributed by atoms with Gasteiger partial charge in [0.25, 0.3) is 0 Å². The summed E-state index contributed by atoms with van der Waals surface area (Å²) in [6.07, 6.45) is 0. The quantitative estimate of drug-likeness (QED) is 0.0951. The van der Waals surface area contributed by atoms with Gasteiger partial charge in [0.05, 0.1) is 82.5 Å². The first kappa shape index (κ1) is 98.5. The Morgan fingerprint density at radius 2 is 0.724 bits per heavy atom. The van der Waals surface area contributed by atoms with E-state index in [-0.39, 0.29) is 80.4 Å². The number of benzene rings is 12. The Labute approximate surface area is 801 Å². The molecule has 4 radical (unpaired) electrons. The molecule has 0 saturated carbocycles. The normalized spacial score (nSPS) is 10.6. The van der Waals surface area contributed by atoms with Crippen molar-refractivity contribution in [1.82, 2.24) is 59.1 Å². The van der Waals surface area contributed by atoms with E-state index in [1.807, 2.05) is 156 Å². The summed E-state index contributed by atoms with van der Waals surface area (Å²) < 4.78 is 7.76. The van der Waals surface area contributed by atoms with Crippen LogP contribution in [0.2, 0.25) is 0 Å². The Hall–Kier alpha value is -12.2. The number of aryl methyl sites for hydroxylation is 16. The first-order valence-corrected chi connectivity index (χ1v) is 41.1. The molecule has 16 rings (SSSR count). The molecule has 0 spiro atoms. The van der Waals surface area contributed by atoms with Gasteiger partial charge in [0.15, 0.2) is 11.4 Å². The fourth-order valence-corrected chi connectivity index (χ4v) is 16.4. The minimum absolute atomic E-state index is 0. The van der Waals surface area contributed by atoms with Gasteiger partial charge in [-0.3, -0.25) is 38.7 Å². The van der Waals surface area contributed by atoms with Gasteiger partial charge in [0.2, 0.25) is 0 Å². The molecule has 127 heavy (non-hydrogen) atoms. The van der Waals surface area contributed by atoms with Crippen LogP contribution in [-0.2, 0) is 80.4 Å². The Morgan fingerprint density at radius 3 is 1.16 bits per heavy atom. The van der Waals surface area contributed by atoms with E-state index in [1.54, 1.807) is 0 Å².